The Balaban J connectivity index is 1.60. The number of aryl methyl sites for hydroxylation is 2. The number of fused-ring (bicyclic) bond motifs is 1. The van der Waals surface area contributed by atoms with Gasteiger partial charge in [-0.2, -0.15) is 5.10 Å². The normalized spacial score (nSPS) is 17.4. The van der Waals surface area contributed by atoms with E-state index in [0.717, 1.165) is 44.6 Å². The Labute approximate surface area is 157 Å². The molecule has 1 aromatic carbocycles. The number of nitrogens with one attached hydrogen (secondary N) is 1. The highest BCUT2D eigenvalue weighted by Crippen LogP contribution is 2.24. The zero-order valence-corrected chi connectivity index (χ0v) is 15.4. The fraction of sp³-hybridized carbons (Fsp3) is 0.400. The molecule has 1 aliphatic heterocycles. The van der Waals surface area contributed by atoms with Gasteiger partial charge in [0.05, 0.1) is 5.39 Å². The molecule has 0 aliphatic carbocycles. The van der Waals surface area contributed by atoms with Gasteiger partial charge in [-0.05, 0) is 38.7 Å². The van der Waals surface area contributed by atoms with Crippen LogP contribution in [0.2, 0.25) is 0 Å². The van der Waals surface area contributed by atoms with Gasteiger partial charge in [0.25, 0.3) is 11.5 Å². The van der Waals surface area contributed by atoms with Gasteiger partial charge in [0.1, 0.15) is 5.82 Å². The molecule has 0 radical (unpaired) electrons. The molecule has 2 aromatic heterocycles. The number of H-pyrrole nitrogens is 1. The Morgan fingerprint density at radius 3 is 2.85 bits per heavy atom. The van der Waals surface area contributed by atoms with E-state index in [1.165, 1.54) is 0 Å². The number of likely N-dealkylation sites (tertiary alicyclic amines) is 1. The summed E-state index contributed by atoms with van der Waals surface area (Å²) in [6.45, 7) is 3.54. The van der Waals surface area contributed by atoms with Gasteiger partial charge in [0.2, 0.25) is 0 Å². The number of rotatable bonds is 4. The molecular formula is C20H23N5O2. The van der Waals surface area contributed by atoms with E-state index in [1.54, 1.807) is 24.4 Å². The lowest BCUT2D eigenvalue weighted by Crippen LogP contribution is -2.44. The van der Waals surface area contributed by atoms with Crippen LogP contribution in [0.5, 0.6) is 0 Å². The lowest BCUT2D eigenvalue weighted by Gasteiger charge is -2.36. The van der Waals surface area contributed by atoms with Crippen LogP contribution < -0.4 is 5.56 Å². The fourth-order valence-corrected chi connectivity index (χ4v) is 3.91. The monoisotopic (exact) mass is 365 g/mol. The highest BCUT2D eigenvalue weighted by molar-refractivity contribution is 6.04. The number of aromatic nitrogens is 4. The van der Waals surface area contributed by atoms with Gasteiger partial charge in [-0.3, -0.25) is 9.59 Å². The summed E-state index contributed by atoms with van der Waals surface area (Å²) in [5.41, 5.74) is 0.0591. The lowest BCUT2D eigenvalue weighted by molar-refractivity contribution is 0.0590. The third-order valence-corrected chi connectivity index (χ3v) is 5.41. The summed E-state index contributed by atoms with van der Waals surface area (Å²) >= 11 is 0. The van der Waals surface area contributed by atoms with E-state index < -0.39 is 0 Å². The number of hydrogen-bond donors (Lipinski definition) is 1. The van der Waals surface area contributed by atoms with Crippen molar-refractivity contribution in [1.29, 1.82) is 0 Å². The van der Waals surface area contributed by atoms with Gasteiger partial charge in [0.15, 0.2) is 5.69 Å². The highest BCUT2D eigenvalue weighted by Gasteiger charge is 2.29. The van der Waals surface area contributed by atoms with Crippen molar-refractivity contribution < 1.29 is 4.79 Å². The molecule has 0 bridgehead atoms. The van der Waals surface area contributed by atoms with E-state index in [2.05, 4.69) is 19.7 Å². The second-order valence-corrected chi connectivity index (χ2v) is 7.05. The second-order valence-electron chi connectivity index (χ2n) is 7.05. The molecule has 1 N–H and O–H groups in total. The Hall–Kier alpha value is -2.96. The number of imidazole rings is 1. The third-order valence-electron chi connectivity index (χ3n) is 5.41. The summed E-state index contributed by atoms with van der Waals surface area (Å²) in [5.74, 6) is 0.881. The van der Waals surface area contributed by atoms with Gasteiger partial charge in [-0.25, -0.2) is 10.1 Å². The maximum absolute atomic E-state index is 13.3. The molecule has 0 unspecified atom stereocenters. The van der Waals surface area contributed by atoms with Crippen molar-refractivity contribution in [1.82, 2.24) is 24.6 Å². The van der Waals surface area contributed by atoms with E-state index in [9.17, 15) is 9.59 Å². The van der Waals surface area contributed by atoms with Crippen LogP contribution in [0.25, 0.3) is 10.8 Å². The number of carbonyl (C=O) groups excluding carboxylic acids is 1. The highest BCUT2D eigenvalue weighted by atomic mass is 16.2. The Morgan fingerprint density at radius 2 is 2.07 bits per heavy atom. The van der Waals surface area contributed by atoms with Crippen LogP contribution in [0.3, 0.4) is 0 Å². The molecule has 3 aromatic rings. The number of benzene rings is 1. The number of aromatic amines is 1. The Morgan fingerprint density at radius 1 is 1.26 bits per heavy atom. The van der Waals surface area contributed by atoms with Crippen molar-refractivity contribution in [2.24, 2.45) is 0 Å². The first kappa shape index (κ1) is 17.5. The number of nitrogens with zero attached hydrogens (tertiary/aromatic N) is 4. The Bertz CT molecular complexity index is 1020. The van der Waals surface area contributed by atoms with Crippen LogP contribution in [0, 0.1) is 6.92 Å². The summed E-state index contributed by atoms with van der Waals surface area (Å²) < 4.78 is 2.12. The predicted octanol–water partition coefficient (Wildman–Crippen LogP) is 2.51. The molecule has 1 atom stereocenters. The van der Waals surface area contributed by atoms with Gasteiger partial charge >= 0.3 is 0 Å². The minimum Gasteiger partial charge on any atom is -0.335 e. The lowest BCUT2D eigenvalue weighted by atomic mass is 9.98. The molecule has 140 valence electrons. The molecule has 1 saturated heterocycles. The van der Waals surface area contributed by atoms with E-state index in [-0.39, 0.29) is 17.5 Å². The van der Waals surface area contributed by atoms with E-state index in [0.29, 0.717) is 16.5 Å². The van der Waals surface area contributed by atoms with Gasteiger partial charge < -0.3 is 9.47 Å². The zero-order chi connectivity index (χ0) is 18.8. The maximum atomic E-state index is 13.3. The van der Waals surface area contributed by atoms with E-state index in [1.807, 2.05) is 24.1 Å². The predicted molar refractivity (Wildman–Crippen MR) is 103 cm³/mol. The summed E-state index contributed by atoms with van der Waals surface area (Å²) in [6, 6.07) is 7.31. The number of hydrogen-bond acceptors (Lipinski definition) is 4. The van der Waals surface area contributed by atoms with Gasteiger partial charge in [-0.1, -0.05) is 18.2 Å². The Kier molecular flexibility index (Phi) is 4.75. The number of carbonyl (C=O) groups is 1. The molecule has 27 heavy (non-hydrogen) atoms. The first-order chi connectivity index (χ1) is 13.1. The topological polar surface area (TPSA) is 83.9 Å². The van der Waals surface area contributed by atoms with Crippen molar-refractivity contribution in [2.75, 3.05) is 6.54 Å². The standard InChI is InChI=1S/C20H23N5O2/c1-14-21-10-13-24(14)12-9-15-6-4-5-11-25(15)20(27)18-16-7-2-3-8-17(16)19(26)23-22-18/h2-3,7-8,10,13,15H,4-6,9,11-12H2,1H3,(H,23,26)/t15-/m0/s1. The molecule has 0 spiro atoms. The molecular weight excluding hydrogens is 342 g/mol. The van der Waals surface area contributed by atoms with Crippen molar-refractivity contribution in [3.63, 3.8) is 0 Å². The average Bonchev–Trinajstić information content (AvgIpc) is 3.11. The van der Waals surface area contributed by atoms with Crippen LogP contribution in [-0.2, 0) is 6.54 Å². The van der Waals surface area contributed by atoms with E-state index in [4.69, 9.17) is 0 Å². The van der Waals surface area contributed by atoms with Crippen LogP contribution >= 0.6 is 0 Å². The van der Waals surface area contributed by atoms with Crippen molar-refractivity contribution in [2.45, 2.75) is 45.2 Å². The smallest absolute Gasteiger partial charge is 0.275 e. The number of piperidine rings is 1. The SMILES string of the molecule is Cc1nccn1CC[C@@H]1CCCCN1C(=O)c1n[nH]c(=O)c2ccccc12. The first-order valence-corrected chi connectivity index (χ1v) is 9.41. The largest absolute Gasteiger partial charge is 0.335 e. The van der Waals surface area contributed by atoms with Gasteiger partial charge in [-0.15, -0.1) is 0 Å². The summed E-state index contributed by atoms with van der Waals surface area (Å²) in [5, 5.41) is 7.68. The van der Waals surface area contributed by atoms with Gasteiger partial charge in [0, 0.05) is 36.9 Å². The van der Waals surface area contributed by atoms with Crippen LogP contribution in [0.4, 0.5) is 0 Å². The quantitative estimate of drug-likeness (QED) is 0.770. The molecule has 0 saturated carbocycles. The first-order valence-electron chi connectivity index (χ1n) is 9.41. The van der Waals surface area contributed by atoms with Crippen molar-refractivity contribution in [3.8, 4) is 0 Å². The second kappa shape index (κ2) is 7.34. The summed E-state index contributed by atoms with van der Waals surface area (Å²) in [4.78, 5) is 31.5. The zero-order valence-electron chi connectivity index (χ0n) is 15.4. The average molecular weight is 365 g/mol. The maximum Gasteiger partial charge on any atom is 0.275 e. The van der Waals surface area contributed by atoms with Crippen LogP contribution in [0.15, 0.2) is 41.5 Å². The molecule has 1 fully saturated rings. The third kappa shape index (κ3) is 3.37. The minimum absolute atomic E-state index is 0.102. The minimum atomic E-state index is -0.270. The van der Waals surface area contributed by atoms with Crippen LogP contribution in [0.1, 0.15) is 42.0 Å². The molecule has 1 amide bonds. The molecule has 7 heteroatoms. The molecule has 4 rings (SSSR count). The van der Waals surface area contributed by atoms with Crippen molar-refractivity contribution in [3.05, 3.63) is 58.5 Å². The molecule has 1 aliphatic rings. The summed E-state index contributed by atoms with van der Waals surface area (Å²) in [7, 11) is 0. The molecule has 7 nitrogen and oxygen atoms in total. The molecule has 3 heterocycles. The number of amides is 1. The van der Waals surface area contributed by atoms with Crippen LogP contribution in [-0.4, -0.2) is 43.1 Å². The van der Waals surface area contributed by atoms with E-state index >= 15 is 0 Å². The van der Waals surface area contributed by atoms with Crippen molar-refractivity contribution >= 4 is 16.7 Å². The fourth-order valence-electron chi connectivity index (χ4n) is 3.91. The summed E-state index contributed by atoms with van der Waals surface area (Å²) in [6.07, 6.45) is 7.76.